The van der Waals surface area contributed by atoms with Gasteiger partial charge in [0.15, 0.2) is 0 Å². The van der Waals surface area contributed by atoms with Crippen LogP contribution in [0.15, 0.2) is 48.5 Å². The maximum absolute atomic E-state index is 12.5. The molecule has 3 aromatic rings. The number of likely N-dealkylation sites (tertiary alicyclic amines) is 1. The number of amides is 1. The van der Waals surface area contributed by atoms with E-state index in [1.54, 1.807) is 0 Å². The third-order valence-corrected chi connectivity index (χ3v) is 6.12. The van der Waals surface area contributed by atoms with Crippen LogP contribution in [-0.4, -0.2) is 57.7 Å². The van der Waals surface area contributed by atoms with Crippen molar-refractivity contribution in [2.45, 2.75) is 31.8 Å². The summed E-state index contributed by atoms with van der Waals surface area (Å²) in [4.78, 5) is 19.4. The standard InChI is InChI=1S/C24H31N5O2/c1-28-22-8-3-2-7-21(22)27-23(28)16-26-19-11-9-18(10-12-19)24(31)25-13-15-29-14-5-4-6-20(29)17-30/h2-3,7-12,20,26,30H,4-6,13-17H2,1H3,(H,25,31). The number of carbonyl (C=O) groups excluding carboxylic acids is 1. The second-order valence-corrected chi connectivity index (χ2v) is 8.13. The Bertz CT molecular complexity index is 1010. The number of benzene rings is 2. The number of aliphatic hydroxyl groups excluding tert-OH is 1. The van der Waals surface area contributed by atoms with Crippen LogP contribution < -0.4 is 10.6 Å². The molecular weight excluding hydrogens is 390 g/mol. The van der Waals surface area contributed by atoms with Crippen molar-refractivity contribution in [2.24, 2.45) is 7.05 Å². The van der Waals surface area contributed by atoms with Gasteiger partial charge >= 0.3 is 0 Å². The zero-order chi connectivity index (χ0) is 21.6. The number of carbonyl (C=O) groups is 1. The van der Waals surface area contributed by atoms with Gasteiger partial charge in [0.05, 0.1) is 24.2 Å². The number of aryl methyl sites for hydroxylation is 1. The number of piperidine rings is 1. The predicted molar refractivity (Wildman–Crippen MR) is 123 cm³/mol. The van der Waals surface area contributed by atoms with Crippen molar-refractivity contribution in [3.8, 4) is 0 Å². The van der Waals surface area contributed by atoms with Crippen molar-refractivity contribution in [3.63, 3.8) is 0 Å². The quantitative estimate of drug-likeness (QED) is 0.521. The largest absolute Gasteiger partial charge is 0.395 e. The van der Waals surface area contributed by atoms with Gasteiger partial charge in [-0.05, 0) is 55.8 Å². The number of imidazole rings is 1. The van der Waals surface area contributed by atoms with Gasteiger partial charge in [-0.1, -0.05) is 18.6 Å². The zero-order valence-electron chi connectivity index (χ0n) is 18.1. The Hall–Kier alpha value is -2.90. The smallest absolute Gasteiger partial charge is 0.251 e. The van der Waals surface area contributed by atoms with E-state index in [9.17, 15) is 9.90 Å². The first-order chi connectivity index (χ1) is 15.2. The number of hydrogen-bond acceptors (Lipinski definition) is 5. The van der Waals surface area contributed by atoms with Crippen molar-refractivity contribution < 1.29 is 9.90 Å². The minimum atomic E-state index is -0.0699. The predicted octanol–water partition coefficient (Wildman–Crippen LogP) is 2.76. The van der Waals surface area contributed by atoms with Gasteiger partial charge in [0, 0.05) is 37.4 Å². The molecule has 0 aliphatic carbocycles. The molecule has 1 saturated heterocycles. The molecule has 7 nitrogen and oxygen atoms in total. The molecule has 0 spiro atoms. The molecule has 164 valence electrons. The number of hydrogen-bond donors (Lipinski definition) is 3. The third kappa shape index (κ3) is 5.06. The highest BCUT2D eigenvalue weighted by molar-refractivity contribution is 5.94. The Morgan fingerprint density at radius 1 is 1.16 bits per heavy atom. The van der Waals surface area contributed by atoms with Crippen LogP contribution in [-0.2, 0) is 13.6 Å². The summed E-state index contributed by atoms with van der Waals surface area (Å²) in [7, 11) is 2.02. The number of aliphatic hydroxyl groups is 1. The van der Waals surface area contributed by atoms with Crippen molar-refractivity contribution >= 4 is 22.6 Å². The summed E-state index contributed by atoms with van der Waals surface area (Å²) in [6, 6.07) is 15.8. The van der Waals surface area contributed by atoms with Crippen LogP contribution in [0.2, 0.25) is 0 Å². The monoisotopic (exact) mass is 421 g/mol. The van der Waals surface area contributed by atoms with Crippen molar-refractivity contribution in [3.05, 3.63) is 59.9 Å². The first-order valence-electron chi connectivity index (χ1n) is 11.0. The molecule has 1 atom stereocenters. The lowest BCUT2D eigenvalue weighted by atomic mass is 10.0. The van der Waals surface area contributed by atoms with Crippen molar-refractivity contribution in [2.75, 3.05) is 31.6 Å². The summed E-state index contributed by atoms with van der Waals surface area (Å²) in [6.45, 7) is 3.15. The lowest BCUT2D eigenvalue weighted by Gasteiger charge is -2.34. The molecule has 0 saturated carbocycles. The molecule has 1 fully saturated rings. The SMILES string of the molecule is Cn1c(CNc2ccc(C(=O)NCCN3CCCCC3CO)cc2)nc2ccccc21. The third-order valence-electron chi connectivity index (χ3n) is 6.12. The summed E-state index contributed by atoms with van der Waals surface area (Å²) in [5, 5.41) is 15.9. The molecule has 2 heterocycles. The van der Waals surface area contributed by atoms with E-state index in [0.29, 0.717) is 18.7 Å². The van der Waals surface area contributed by atoms with Gasteiger partial charge < -0.3 is 20.3 Å². The molecule has 7 heteroatoms. The van der Waals surface area contributed by atoms with E-state index in [1.807, 2.05) is 49.5 Å². The van der Waals surface area contributed by atoms with Crippen LogP contribution in [0.25, 0.3) is 11.0 Å². The molecule has 1 aromatic heterocycles. The van der Waals surface area contributed by atoms with Crippen LogP contribution in [0.3, 0.4) is 0 Å². The van der Waals surface area contributed by atoms with E-state index >= 15 is 0 Å². The van der Waals surface area contributed by atoms with Crippen LogP contribution in [0.4, 0.5) is 5.69 Å². The molecule has 1 amide bonds. The van der Waals surface area contributed by atoms with Crippen LogP contribution in [0.5, 0.6) is 0 Å². The van der Waals surface area contributed by atoms with Crippen LogP contribution >= 0.6 is 0 Å². The minimum absolute atomic E-state index is 0.0699. The van der Waals surface area contributed by atoms with Gasteiger partial charge in [-0.15, -0.1) is 0 Å². The lowest BCUT2D eigenvalue weighted by molar-refractivity contribution is 0.0849. The fraction of sp³-hybridized carbons (Fsp3) is 0.417. The van der Waals surface area contributed by atoms with E-state index in [1.165, 1.54) is 6.42 Å². The van der Waals surface area contributed by atoms with Crippen LogP contribution in [0, 0.1) is 0 Å². The highest BCUT2D eigenvalue weighted by Crippen LogP contribution is 2.17. The summed E-state index contributed by atoms with van der Waals surface area (Å²) >= 11 is 0. The fourth-order valence-electron chi connectivity index (χ4n) is 4.25. The number of nitrogens with zero attached hydrogens (tertiary/aromatic N) is 3. The van der Waals surface area contributed by atoms with E-state index in [-0.39, 0.29) is 18.6 Å². The maximum atomic E-state index is 12.5. The maximum Gasteiger partial charge on any atom is 0.251 e. The van der Waals surface area contributed by atoms with Gasteiger partial charge in [0.2, 0.25) is 0 Å². The first-order valence-corrected chi connectivity index (χ1v) is 11.0. The zero-order valence-corrected chi connectivity index (χ0v) is 18.1. The number of para-hydroxylation sites is 2. The normalized spacial score (nSPS) is 17.0. The topological polar surface area (TPSA) is 82.4 Å². The van der Waals surface area contributed by atoms with Gasteiger partial charge in [-0.25, -0.2) is 4.98 Å². The number of nitrogens with one attached hydrogen (secondary N) is 2. The molecule has 0 radical (unpaired) electrons. The average molecular weight is 422 g/mol. The molecule has 0 bridgehead atoms. The second-order valence-electron chi connectivity index (χ2n) is 8.13. The van der Waals surface area contributed by atoms with Gasteiger partial charge in [0.25, 0.3) is 5.91 Å². The Morgan fingerprint density at radius 2 is 1.97 bits per heavy atom. The molecule has 31 heavy (non-hydrogen) atoms. The van der Waals surface area contributed by atoms with Crippen molar-refractivity contribution in [1.82, 2.24) is 19.8 Å². The minimum Gasteiger partial charge on any atom is -0.395 e. The fourth-order valence-corrected chi connectivity index (χ4v) is 4.25. The number of anilines is 1. The summed E-state index contributed by atoms with van der Waals surface area (Å²) in [5.74, 6) is 0.890. The molecule has 1 unspecified atom stereocenters. The molecule has 4 rings (SSSR count). The Labute approximate surface area is 183 Å². The Kier molecular flexibility index (Phi) is 6.84. The first kappa shape index (κ1) is 21.3. The highest BCUT2D eigenvalue weighted by atomic mass is 16.3. The molecule has 2 aromatic carbocycles. The van der Waals surface area contributed by atoms with Gasteiger partial charge in [0.1, 0.15) is 5.82 Å². The lowest BCUT2D eigenvalue weighted by Crippen LogP contribution is -2.45. The Morgan fingerprint density at radius 3 is 2.74 bits per heavy atom. The van der Waals surface area contributed by atoms with E-state index in [0.717, 1.165) is 48.5 Å². The van der Waals surface area contributed by atoms with E-state index < -0.39 is 0 Å². The van der Waals surface area contributed by atoms with Crippen LogP contribution in [0.1, 0.15) is 35.4 Å². The van der Waals surface area contributed by atoms with E-state index in [2.05, 4.69) is 31.2 Å². The second kappa shape index (κ2) is 9.94. The molecule has 3 N–H and O–H groups in total. The average Bonchev–Trinajstić information content (AvgIpc) is 3.14. The summed E-state index contributed by atoms with van der Waals surface area (Å²) < 4.78 is 2.09. The summed E-state index contributed by atoms with van der Waals surface area (Å²) in [6.07, 6.45) is 3.37. The number of rotatable bonds is 8. The van der Waals surface area contributed by atoms with Gasteiger partial charge in [-0.3, -0.25) is 9.69 Å². The molecule has 1 aliphatic heterocycles. The van der Waals surface area contributed by atoms with E-state index in [4.69, 9.17) is 0 Å². The van der Waals surface area contributed by atoms with Gasteiger partial charge in [-0.2, -0.15) is 0 Å². The Balaban J connectivity index is 1.27. The number of aromatic nitrogens is 2. The summed E-state index contributed by atoms with van der Waals surface area (Å²) in [5.41, 5.74) is 3.69. The van der Waals surface area contributed by atoms with Crippen molar-refractivity contribution in [1.29, 1.82) is 0 Å². The highest BCUT2D eigenvalue weighted by Gasteiger charge is 2.21. The molecular formula is C24H31N5O2. The molecule has 1 aliphatic rings. The number of fused-ring (bicyclic) bond motifs is 1.